The maximum atomic E-state index is 13.0. The summed E-state index contributed by atoms with van der Waals surface area (Å²) in [5, 5.41) is 0. The van der Waals surface area contributed by atoms with Gasteiger partial charge in [0.25, 0.3) is 5.92 Å². The van der Waals surface area contributed by atoms with E-state index in [-0.39, 0.29) is 30.8 Å². The second kappa shape index (κ2) is 10.1. The first-order valence-electron chi connectivity index (χ1n) is 11.9. The summed E-state index contributed by atoms with van der Waals surface area (Å²) >= 11 is 0. The molecule has 1 aromatic heterocycles. The van der Waals surface area contributed by atoms with Crippen molar-refractivity contribution in [3.05, 3.63) is 60.3 Å². The third-order valence-corrected chi connectivity index (χ3v) is 6.56. The zero-order valence-electron chi connectivity index (χ0n) is 19.8. The van der Waals surface area contributed by atoms with Crippen LogP contribution in [0.4, 0.5) is 14.6 Å². The summed E-state index contributed by atoms with van der Waals surface area (Å²) in [7, 11) is 0. The molecule has 1 aliphatic heterocycles. The van der Waals surface area contributed by atoms with E-state index in [1.165, 1.54) is 0 Å². The van der Waals surface area contributed by atoms with Crippen LogP contribution >= 0.6 is 0 Å². The van der Waals surface area contributed by atoms with Crippen LogP contribution in [0.25, 0.3) is 0 Å². The molecule has 3 atom stereocenters. The van der Waals surface area contributed by atoms with Crippen molar-refractivity contribution in [3.63, 3.8) is 0 Å². The number of carbonyl (C=O) groups excluding carboxylic acids is 1. The zero-order chi connectivity index (χ0) is 24.3. The molecule has 5 nitrogen and oxygen atoms in total. The third-order valence-electron chi connectivity index (χ3n) is 6.56. The highest BCUT2D eigenvalue weighted by Gasteiger charge is 2.57. The van der Waals surface area contributed by atoms with Gasteiger partial charge in [-0.2, -0.15) is 0 Å². The lowest BCUT2D eigenvalue weighted by Crippen LogP contribution is -2.25. The predicted octanol–water partition coefficient (Wildman–Crippen LogP) is 5.80. The zero-order valence-corrected chi connectivity index (χ0v) is 19.8. The molecule has 0 radical (unpaired) electrons. The number of benzene rings is 1. The van der Waals surface area contributed by atoms with Crippen LogP contribution in [0, 0.1) is 5.92 Å². The molecule has 0 N–H and O–H groups in total. The van der Waals surface area contributed by atoms with Gasteiger partial charge in [0.15, 0.2) is 0 Å². The van der Waals surface area contributed by atoms with Crippen LogP contribution in [-0.2, 0) is 4.79 Å². The number of alkyl halides is 2. The van der Waals surface area contributed by atoms with Crippen LogP contribution in [0.3, 0.4) is 0 Å². The molecule has 7 heteroatoms. The van der Waals surface area contributed by atoms with Crippen molar-refractivity contribution in [2.24, 2.45) is 5.92 Å². The lowest BCUT2D eigenvalue weighted by molar-refractivity contribution is -0.120. The fraction of sp³-hybridized carbons (Fsp3) is 0.481. The first-order valence-corrected chi connectivity index (χ1v) is 11.9. The fourth-order valence-corrected chi connectivity index (χ4v) is 4.09. The molecule has 0 amide bonds. The average Bonchev–Trinajstić information content (AvgIpc) is 3.19. The van der Waals surface area contributed by atoms with Gasteiger partial charge in [0, 0.05) is 31.7 Å². The largest absolute Gasteiger partial charge is 0.491 e. The van der Waals surface area contributed by atoms with Crippen LogP contribution in [0.2, 0.25) is 0 Å². The van der Waals surface area contributed by atoms with E-state index in [1.54, 1.807) is 12.3 Å². The quantitative estimate of drug-likeness (QED) is 0.389. The first kappa shape index (κ1) is 24.2. The Balaban J connectivity index is 1.24. The Kier molecular flexibility index (Phi) is 7.19. The van der Waals surface area contributed by atoms with Crippen molar-refractivity contribution in [2.75, 3.05) is 24.6 Å². The van der Waals surface area contributed by atoms with Crippen molar-refractivity contribution in [1.29, 1.82) is 0 Å². The van der Waals surface area contributed by atoms with Gasteiger partial charge in [0.2, 0.25) is 0 Å². The number of ketones is 1. The Labute approximate surface area is 199 Å². The smallest absolute Gasteiger partial charge is 0.255 e. The number of carbonyl (C=O) groups is 1. The summed E-state index contributed by atoms with van der Waals surface area (Å²) < 4.78 is 37.5. The van der Waals surface area contributed by atoms with Gasteiger partial charge in [0.05, 0.1) is 25.3 Å². The number of hydrogen-bond donors (Lipinski definition) is 0. The average molecular weight is 471 g/mol. The van der Waals surface area contributed by atoms with Crippen LogP contribution in [0.15, 0.2) is 54.7 Å². The van der Waals surface area contributed by atoms with Gasteiger partial charge in [-0.05, 0) is 43.2 Å². The third kappa shape index (κ3) is 6.13. The highest BCUT2D eigenvalue weighted by molar-refractivity contribution is 5.85. The minimum Gasteiger partial charge on any atom is -0.491 e. The molecule has 2 heterocycles. The molecular formula is C27H32F2N2O3. The molecule has 4 rings (SSSR count). The van der Waals surface area contributed by atoms with E-state index in [0.29, 0.717) is 18.7 Å². The van der Waals surface area contributed by atoms with Crippen LogP contribution in [0.5, 0.6) is 11.5 Å². The van der Waals surface area contributed by atoms with Gasteiger partial charge in [-0.15, -0.1) is 6.58 Å². The van der Waals surface area contributed by atoms with Gasteiger partial charge >= 0.3 is 0 Å². The van der Waals surface area contributed by atoms with Gasteiger partial charge in [-0.3, -0.25) is 4.79 Å². The van der Waals surface area contributed by atoms with Gasteiger partial charge in [-0.1, -0.05) is 24.6 Å². The molecule has 3 unspecified atom stereocenters. The lowest BCUT2D eigenvalue weighted by Gasteiger charge is -2.19. The normalized spacial score (nSPS) is 21.7. The summed E-state index contributed by atoms with van der Waals surface area (Å²) in [6, 6.07) is 11.4. The fourth-order valence-electron chi connectivity index (χ4n) is 4.09. The first-order chi connectivity index (χ1) is 16.2. The topological polar surface area (TPSA) is 51.7 Å². The second-order valence-electron chi connectivity index (χ2n) is 9.51. The number of allylic oxidation sites excluding steroid dienone is 1. The van der Waals surface area contributed by atoms with Crippen molar-refractivity contribution < 1.29 is 23.0 Å². The maximum absolute atomic E-state index is 13.0. The minimum atomic E-state index is -2.57. The number of ether oxygens (including phenoxy) is 2. The molecular weight excluding hydrogens is 438 g/mol. The van der Waals surface area contributed by atoms with Crippen LogP contribution in [0.1, 0.15) is 51.0 Å². The number of Topliss-reactive ketones (excluding diaryl/α,β-unsaturated/α-hetero) is 1. The van der Waals surface area contributed by atoms with Crippen molar-refractivity contribution in [2.45, 2.75) is 57.5 Å². The van der Waals surface area contributed by atoms with Crippen LogP contribution < -0.4 is 14.4 Å². The SMILES string of the molecule is C=C(C)CCC(=O)C(C)c1ccc(OC2CCN(c3ccc(OCC4CC4(F)F)cn3)C2)cc1. The van der Waals surface area contributed by atoms with Crippen LogP contribution in [-0.4, -0.2) is 42.5 Å². The standard InChI is InChI=1S/C27H32F2N2O3/c1-18(2)4-10-25(32)19(3)20-5-7-22(8-6-20)34-24-12-13-31(16-24)26-11-9-23(15-30-26)33-17-21-14-27(21,28)29/h5-9,11,15,19,21,24H,1,4,10,12-14,16-17H2,2-3H3. The van der Waals surface area contributed by atoms with E-state index in [2.05, 4.69) is 16.5 Å². The Morgan fingerprint density at radius 2 is 1.91 bits per heavy atom. The molecule has 1 saturated heterocycles. The summed E-state index contributed by atoms with van der Waals surface area (Å²) in [6.07, 6.45) is 3.64. The number of anilines is 1. The molecule has 2 fully saturated rings. The molecule has 2 aliphatic rings. The molecule has 0 spiro atoms. The highest BCUT2D eigenvalue weighted by Crippen LogP contribution is 2.48. The highest BCUT2D eigenvalue weighted by atomic mass is 19.3. The molecule has 34 heavy (non-hydrogen) atoms. The van der Waals surface area contributed by atoms with Crippen molar-refractivity contribution in [1.82, 2.24) is 4.98 Å². The van der Waals surface area contributed by atoms with E-state index >= 15 is 0 Å². The van der Waals surface area contributed by atoms with Crippen molar-refractivity contribution in [3.8, 4) is 11.5 Å². The Hall–Kier alpha value is -2.96. The number of pyridine rings is 1. The van der Waals surface area contributed by atoms with E-state index in [9.17, 15) is 13.6 Å². The Morgan fingerprint density at radius 1 is 1.21 bits per heavy atom. The van der Waals surface area contributed by atoms with E-state index < -0.39 is 11.8 Å². The summed E-state index contributed by atoms with van der Waals surface area (Å²) in [5.74, 6) is -1.07. The Bertz CT molecular complexity index is 1010. The predicted molar refractivity (Wildman–Crippen MR) is 128 cm³/mol. The number of rotatable bonds is 11. The van der Waals surface area contributed by atoms with Crippen molar-refractivity contribution >= 4 is 11.6 Å². The maximum Gasteiger partial charge on any atom is 0.255 e. The molecule has 182 valence electrons. The summed E-state index contributed by atoms with van der Waals surface area (Å²) in [4.78, 5) is 18.9. The monoisotopic (exact) mass is 470 g/mol. The summed E-state index contributed by atoms with van der Waals surface area (Å²) in [5.41, 5.74) is 2.01. The van der Waals surface area contributed by atoms with E-state index in [4.69, 9.17) is 9.47 Å². The lowest BCUT2D eigenvalue weighted by atomic mass is 9.93. The number of halogens is 2. The molecule has 1 saturated carbocycles. The number of hydrogen-bond acceptors (Lipinski definition) is 5. The second-order valence-corrected chi connectivity index (χ2v) is 9.51. The Morgan fingerprint density at radius 3 is 2.53 bits per heavy atom. The molecule has 1 aliphatic carbocycles. The number of nitrogens with zero attached hydrogens (tertiary/aromatic N) is 2. The molecule has 2 aromatic rings. The van der Waals surface area contributed by atoms with E-state index in [1.807, 2.05) is 44.2 Å². The number of aromatic nitrogens is 1. The van der Waals surface area contributed by atoms with Gasteiger partial charge in [-0.25, -0.2) is 13.8 Å². The van der Waals surface area contributed by atoms with Gasteiger partial charge in [0.1, 0.15) is 29.2 Å². The summed E-state index contributed by atoms with van der Waals surface area (Å²) in [6.45, 7) is 9.29. The van der Waals surface area contributed by atoms with Gasteiger partial charge < -0.3 is 14.4 Å². The molecule has 1 aromatic carbocycles. The van der Waals surface area contributed by atoms with E-state index in [0.717, 1.165) is 42.1 Å². The molecule has 0 bridgehead atoms. The minimum absolute atomic E-state index is 0.0217.